The molecule has 5 heteroatoms. The van der Waals surface area contributed by atoms with Crippen molar-refractivity contribution < 1.29 is 9.90 Å². The van der Waals surface area contributed by atoms with Crippen molar-refractivity contribution in [3.63, 3.8) is 0 Å². The van der Waals surface area contributed by atoms with Crippen LogP contribution in [0.3, 0.4) is 0 Å². The maximum Gasteiger partial charge on any atom is 0.307 e. The number of carbonyl (C=O) groups is 1. The van der Waals surface area contributed by atoms with E-state index in [0.717, 1.165) is 41.9 Å². The summed E-state index contributed by atoms with van der Waals surface area (Å²) in [5.74, 6) is -1.01. The Hall–Kier alpha value is -2.40. The van der Waals surface area contributed by atoms with Crippen LogP contribution in [0.15, 0.2) is 42.6 Å². The summed E-state index contributed by atoms with van der Waals surface area (Å²) >= 11 is 0. The Labute approximate surface area is 155 Å². The van der Waals surface area contributed by atoms with Crippen LogP contribution >= 0.6 is 0 Å². The van der Waals surface area contributed by atoms with Gasteiger partial charge in [0.15, 0.2) is 0 Å². The molecule has 2 atom stereocenters. The van der Waals surface area contributed by atoms with Crippen LogP contribution < -0.4 is 4.90 Å². The van der Waals surface area contributed by atoms with E-state index in [9.17, 15) is 9.90 Å². The van der Waals surface area contributed by atoms with Crippen LogP contribution in [0.5, 0.6) is 0 Å². The molecule has 0 amide bonds. The van der Waals surface area contributed by atoms with Gasteiger partial charge in [-0.1, -0.05) is 18.2 Å². The number of aryl methyl sites for hydroxylation is 1. The van der Waals surface area contributed by atoms with E-state index in [1.807, 2.05) is 26.4 Å². The minimum Gasteiger partial charge on any atom is -0.481 e. The van der Waals surface area contributed by atoms with E-state index in [0.29, 0.717) is 6.54 Å². The Morgan fingerprint density at radius 3 is 2.62 bits per heavy atom. The van der Waals surface area contributed by atoms with Gasteiger partial charge in [-0.15, -0.1) is 0 Å². The lowest BCUT2D eigenvalue weighted by atomic mass is 9.92. The number of likely N-dealkylation sites (tertiary alicyclic amines) is 1. The lowest BCUT2D eigenvalue weighted by Crippen LogP contribution is -2.41. The van der Waals surface area contributed by atoms with Gasteiger partial charge in [0, 0.05) is 32.5 Å². The van der Waals surface area contributed by atoms with Gasteiger partial charge in [-0.2, -0.15) is 0 Å². The predicted octanol–water partition coefficient (Wildman–Crippen LogP) is 3.34. The quantitative estimate of drug-likeness (QED) is 0.893. The maximum absolute atomic E-state index is 11.5. The first kappa shape index (κ1) is 18.4. The first-order chi connectivity index (χ1) is 12.5. The summed E-state index contributed by atoms with van der Waals surface area (Å²) in [6.07, 6.45) is 3.47. The van der Waals surface area contributed by atoms with E-state index in [1.54, 1.807) is 0 Å². The average Bonchev–Trinajstić information content (AvgIpc) is 2.64. The molecule has 26 heavy (non-hydrogen) atoms. The van der Waals surface area contributed by atoms with Crippen LogP contribution in [0.1, 0.15) is 35.7 Å². The number of carboxylic acid groups (broad SMARTS) is 1. The van der Waals surface area contributed by atoms with E-state index < -0.39 is 5.97 Å². The van der Waals surface area contributed by atoms with E-state index in [2.05, 4.69) is 52.0 Å². The third-order valence-electron chi connectivity index (χ3n) is 5.20. The summed E-state index contributed by atoms with van der Waals surface area (Å²) in [6, 6.07) is 12.5. The van der Waals surface area contributed by atoms with Crippen LogP contribution in [0.25, 0.3) is 0 Å². The lowest BCUT2D eigenvalue weighted by Gasteiger charge is -2.37. The molecule has 2 unspecified atom stereocenters. The van der Waals surface area contributed by atoms with E-state index in [1.165, 1.54) is 0 Å². The van der Waals surface area contributed by atoms with Crippen molar-refractivity contribution in [3.05, 3.63) is 59.4 Å². The third kappa shape index (κ3) is 3.88. The molecule has 1 aliphatic rings. The molecule has 0 radical (unpaired) electrons. The molecule has 0 spiro atoms. The second-order valence-electron chi connectivity index (χ2n) is 7.27. The Kier molecular flexibility index (Phi) is 5.57. The van der Waals surface area contributed by atoms with Crippen LogP contribution in [0.4, 0.5) is 5.69 Å². The minimum atomic E-state index is -0.700. The van der Waals surface area contributed by atoms with Gasteiger partial charge in [0.2, 0.25) is 0 Å². The predicted molar refractivity (Wildman–Crippen MR) is 104 cm³/mol. The largest absolute Gasteiger partial charge is 0.481 e. The SMILES string of the molecule is Cc1cccnc1C(c1ccc(N(C)C)cc1)N1CCCC(C(=O)O)C1. The van der Waals surface area contributed by atoms with Crippen LogP contribution in [0, 0.1) is 12.8 Å². The molecule has 0 aliphatic carbocycles. The molecule has 1 N–H and O–H groups in total. The smallest absolute Gasteiger partial charge is 0.307 e. The number of anilines is 1. The number of rotatable bonds is 5. The molecule has 2 heterocycles. The highest BCUT2D eigenvalue weighted by Gasteiger charge is 2.32. The van der Waals surface area contributed by atoms with Crippen molar-refractivity contribution in [2.75, 3.05) is 32.1 Å². The van der Waals surface area contributed by atoms with E-state index in [-0.39, 0.29) is 12.0 Å². The number of hydrogen-bond donors (Lipinski definition) is 1. The number of aromatic nitrogens is 1. The van der Waals surface area contributed by atoms with Gasteiger partial charge in [-0.25, -0.2) is 0 Å². The first-order valence-corrected chi connectivity index (χ1v) is 9.13. The molecule has 5 nitrogen and oxygen atoms in total. The zero-order valence-corrected chi connectivity index (χ0v) is 15.7. The number of nitrogens with zero attached hydrogens (tertiary/aromatic N) is 3. The molecule has 138 valence electrons. The highest BCUT2D eigenvalue weighted by atomic mass is 16.4. The third-order valence-corrected chi connectivity index (χ3v) is 5.20. The van der Waals surface area contributed by atoms with Gasteiger partial charge < -0.3 is 10.0 Å². The van der Waals surface area contributed by atoms with Gasteiger partial charge in [-0.05, 0) is 55.6 Å². The van der Waals surface area contributed by atoms with Crippen molar-refractivity contribution in [2.24, 2.45) is 5.92 Å². The number of carboxylic acids is 1. The molecular weight excluding hydrogens is 326 g/mol. The number of piperidine rings is 1. The van der Waals surface area contributed by atoms with Crippen LogP contribution in [-0.2, 0) is 4.79 Å². The average molecular weight is 353 g/mol. The van der Waals surface area contributed by atoms with Crippen LogP contribution in [0.2, 0.25) is 0 Å². The fraction of sp³-hybridized carbons (Fsp3) is 0.429. The van der Waals surface area contributed by atoms with Crippen molar-refractivity contribution in [1.29, 1.82) is 0 Å². The fourth-order valence-corrected chi connectivity index (χ4v) is 3.72. The second-order valence-corrected chi connectivity index (χ2v) is 7.27. The monoisotopic (exact) mass is 353 g/mol. The summed E-state index contributed by atoms with van der Waals surface area (Å²) < 4.78 is 0. The van der Waals surface area contributed by atoms with Crippen molar-refractivity contribution >= 4 is 11.7 Å². The molecule has 1 aromatic carbocycles. The zero-order valence-electron chi connectivity index (χ0n) is 15.7. The lowest BCUT2D eigenvalue weighted by molar-refractivity contribution is -0.143. The Bertz CT molecular complexity index is 758. The molecule has 1 fully saturated rings. The van der Waals surface area contributed by atoms with Gasteiger partial charge >= 0.3 is 5.97 Å². The van der Waals surface area contributed by atoms with Gasteiger partial charge in [-0.3, -0.25) is 14.7 Å². The second kappa shape index (κ2) is 7.87. The number of aliphatic carboxylic acids is 1. The summed E-state index contributed by atoms with van der Waals surface area (Å²) in [6.45, 7) is 3.52. The zero-order chi connectivity index (χ0) is 18.7. The number of benzene rings is 1. The Morgan fingerprint density at radius 1 is 1.27 bits per heavy atom. The standard InChI is InChI=1S/C21H27N3O2/c1-15-6-4-12-22-19(15)20(16-8-10-18(11-9-16)23(2)3)24-13-5-7-17(14-24)21(25)26/h4,6,8-12,17,20H,5,7,13-14H2,1-3H3,(H,25,26). The minimum absolute atomic E-state index is 0.0189. The molecule has 2 aromatic rings. The van der Waals surface area contributed by atoms with Crippen molar-refractivity contribution in [3.8, 4) is 0 Å². The first-order valence-electron chi connectivity index (χ1n) is 9.13. The molecule has 1 saturated heterocycles. The summed E-state index contributed by atoms with van der Waals surface area (Å²) in [4.78, 5) is 20.5. The fourth-order valence-electron chi connectivity index (χ4n) is 3.72. The molecule has 1 aromatic heterocycles. The molecule has 0 saturated carbocycles. The number of pyridine rings is 1. The van der Waals surface area contributed by atoms with Crippen molar-refractivity contribution in [2.45, 2.75) is 25.8 Å². The molecular formula is C21H27N3O2. The molecule has 3 rings (SSSR count). The normalized spacial score (nSPS) is 19.1. The van der Waals surface area contributed by atoms with Crippen LogP contribution in [-0.4, -0.2) is 48.1 Å². The van der Waals surface area contributed by atoms with Gasteiger partial charge in [0.25, 0.3) is 0 Å². The van der Waals surface area contributed by atoms with Crippen molar-refractivity contribution in [1.82, 2.24) is 9.88 Å². The van der Waals surface area contributed by atoms with E-state index >= 15 is 0 Å². The Balaban J connectivity index is 1.99. The molecule has 0 bridgehead atoms. The highest BCUT2D eigenvalue weighted by molar-refractivity contribution is 5.70. The summed E-state index contributed by atoms with van der Waals surface area (Å²) in [7, 11) is 4.05. The highest BCUT2D eigenvalue weighted by Crippen LogP contribution is 2.33. The van der Waals surface area contributed by atoms with E-state index in [4.69, 9.17) is 0 Å². The molecule has 1 aliphatic heterocycles. The van der Waals surface area contributed by atoms with Gasteiger partial charge in [0.05, 0.1) is 17.7 Å². The van der Waals surface area contributed by atoms with Gasteiger partial charge in [0.1, 0.15) is 0 Å². The number of hydrogen-bond acceptors (Lipinski definition) is 4. The summed E-state index contributed by atoms with van der Waals surface area (Å²) in [5.41, 5.74) is 4.44. The maximum atomic E-state index is 11.5. The summed E-state index contributed by atoms with van der Waals surface area (Å²) in [5, 5.41) is 9.48. The topological polar surface area (TPSA) is 56.7 Å². The Morgan fingerprint density at radius 2 is 2.00 bits per heavy atom.